The van der Waals surface area contributed by atoms with Crippen LogP contribution in [0.2, 0.25) is 0 Å². The van der Waals surface area contributed by atoms with Crippen LogP contribution in [-0.4, -0.2) is 34.4 Å². The Bertz CT molecular complexity index is 415. The maximum atomic E-state index is 12.8. The Hall–Kier alpha value is -0.150. The fraction of sp³-hybridized carbons (Fsp3) is 0.812. The number of rotatable bonds is 1. The topological polar surface area (TPSA) is 20.3 Å². The Balaban J connectivity index is 1.76. The molecule has 20 heavy (non-hydrogen) atoms. The number of hydrogen-bond donors (Lipinski definition) is 0. The number of alkyl halides is 1. The second-order valence-electron chi connectivity index (χ2n) is 6.91. The molecule has 0 spiro atoms. The van der Waals surface area contributed by atoms with Gasteiger partial charge >= 0.3 is 0 Å². The van der Waals surface area contributed by atoms with Gasteiger partial charge in [0, 0.05) is 29.6 Å². The highest BCUT2D eigenvalue weighted by Crippen LogP contribution is 2.42. The van der Waals surface area contributed by atoms with E-state index in [0.717, 1.165) is 38.0 Å². The molecule has 1 saturated heterocycles. The van der Waals surface area contributed by atoms with Gasteiger partial charge in [0.25, 0.3) is 0 Å². The van der Waals surface area contributed by atoms with Crippen molar-refractivity contribution in [3.05, 3.63) is 11.1 Å². The van der Waals surface area contributed by atoms with E-state index in [9.17, 15) is 4.79 Å². The van der Waals surface area contributed by atoms with E-state index in [1.165, 1.54) is 6.42 Å². The molecule has 0 aromatic rings. The van der Waals surface area contributed by atoms with Crippen molar-refractivity contribution in [1.82, 2.24) is 4.90 Å². The van der Waals surface area contributed by atoms with Gasteiger partial charge in [-0.3, -0.25) is 4.79 Å². The second-order valence-corrected chi connectivity index (χ2v) is 8.64. The van der Waals surface area contributed by atoms with Gasteiger partial charge in [0.15, 0.2) is 5.78 Å². The summed E-state index contributed by atoms with van der Waals surface area (Å²) in [6.45, 7) is 6.65. The van der Waals surface area contributed by atoms with Crippen molar-refractivity contribution in [1.29, 1.82) is 0 Å². The smallest absolute Gasteiger partial charge is 0.183 e. The normalized spacial score (nSPS) is 42.1. The number of ketones is 1. The molecule has 3 rings (SSSR count). The van der Waals surface area contributed by atoms with Crippen molar-refractivity contribution in [2.75, 3.05) is 13.1 Å². The summed E-state index contributed by atoms with van der Waals surface area (Å²) in [4.78, 5) is 15.2. The van der Waals surface area contributed by atoms with Crippen molar-refractivity contribution < 1.29 is 4.79 Å². The van der Waals surface area contributed by atoms with Crippen molar-refractivity contribution in [3.63, 3.8) is 0 Å². The Labute approximate surface area is 131 Å². The van der Waals surface area contributed by atoms with Crippen LogP contribution in [0.15, 0.2) is 11.1 Å². The summed E-state index contributed by atoms with van der Waals surface area (Å²) < 4.78 is 0. The average Bonchev–Trinajstić information content (AvgIpc) is 2.38. The van der Waals surface area contributed by atoms with Crippen molar-refractivity contribution in [2.24, 2.45) is 17.8 Å². The van der Waals surface area contributed by atoms with Crippen LogP contribution in [0.3, 0.4) is 0 Å². The largest absolute Gasteiger partial charge is 0.368 e. The quantitative estimate of drug-likeness (QED) is 0.685. The average molecular weight is 314 g/mol. The molecule has 2 fully saturated rings. The molecule has 3 aliphatic rings. The number of halogens is 1. The highest BCUT2D eigenvalue weighted by atomic mass is 35.5. The lowest BCUT2D eigenvalue weighted by Crippen LogP contribution is -2.45. The van der Waals surface area contributed by atoms with Gasteiger partial charge < -0.3 is 4.90 Å². The SMILES string of the molecule is CC1CC(C)CN(C2=CSC3CCC(Cl)CC3C2=O)C1. The Kier molecular flexibility index (Phi) is 4.37. The molecule has 1 saturated carbocycles. The molecule has 4 heteroatoms. The number of carbonyl (C=O) groups is 1. The molecule has 0 aromatic heterocycles. The highest BCUT2D eigenvalue weighted by Gasteiger charge is 2.40. The standard InChI is InChI=1S/C16H24ClNOS/c1-10-5-11(2)8-18(7-10)14-9-20-15-4-3-12(17)6-13(15)16(14)19/h9-13,15H,3-8H2,1-2H3. The van der Waals surface area contributed by atoms with Crippen LogP contribution >= 0.6 is 23.4 Å². The number of hydrogen-bond acceptors (Lipinski definition) is 3. The summed E-state index contributed by atoms with van der Waals surface area (Å²) in [6.07, 6.45) is 4.30. The third-order valence-electron chi connectivity index (χ3n) is 4.88. The number of likely N-dealkylation sites (tertiary alicyclic amines) is 1. The molecule has 5 atom stereocenters. The van der Waals surface area contributed by atoms with Gasteiger partial charge in [-0.15, -0.1) is 23.4 Å². The molecule has 2 aliphatic heterocycles. The summed E-state index contributed by atoms with van der Waals surface area (Å²) in [5, 5.41) is 2.81. The van der Waals surface area contributed by atoms with Crippen molar-refractivity contribution in [3.8, 4) is 0 Å². The Morgan fingerprint density at radius 1 is 1.20 bits per heavy atom. The zero-order valence-corrected chi connectivity index (χ0v) is 13.9. The molecule has 0 aromatic carbocycles. The molecule has 0 radical (unpaired) electrons. The molecular weight excluding hydrogens is 290 g/mol. The number of piperidine rings is 1. The number of fused-ring (bicyclic) bond motifs is 1. The zero-order chi connectivity index (χ0) is 14.3. The first-order valence-electron chi connectivity index (χ1n) is 7.83. The van der Waals surface area contributed by atoms with Crippen LogP contribution in [-0.2, 0) is 4.79 Å². The van der Waals surface area contributed by atoms with Crippen LogP contribution in [0.25, 0.3) is 0 Å². The minimum Gasteiger partial charge on any atom is -0.368 e. The molecule has 2 heterocycles. The van der Waals surface area contributed by atoms with E-state index in [1.54, 1.807) is 0 Å². The van der Waals surface area contributed by atoms with Gasteiger partial charge in [-0.25, -0.2) is 0 Å². The van der Waals surface area contributed by atoms with Gasteiger partial charge in [-0.2, -0.15) is 0 Å². The lowest BCUT2D eigenvalue weighted by Gasteiger charge is -2.42. The fourth-order valence-corrected chi connectivity index (χ4v) is 5.60. The lowest BCUT2D eigenvalue weighted by molar-refractivity contribution is -0.121. The van der Waals surface area contributed by atoms with E-state index in [1.807, 2.05) is 11.8 Å². The predicted octanol–water partition coefficient (Wildman–Crippen LogP) is 3.90. The van der Waals surface area contributed by atoms with Crippen molar-refractivity contribution in [2.45, 2.75) is 50.2 Å². The third-order valence-corrected chi connectivity index (χ3v) is 6.55. The van der Waals surface area contributed by atoms with Gasteiger partial charge in [-0.05, 0) is 42.9 Å². The van der Waals surface area contributed by atoms with Crippen molar-refractivity contribution >= 4 is 29.1 Å². The van der Waals surface area contributed by atoms with Crippen LogP contribution in [0.5, 0.6) is 0 Å². The van der Waals surface area contributed by atoms with Gasteiger partial charge in [0.1, 0.15) is 0 Å². The van der Waals surface area contributed by atoms with E-state index in [-0.39, 0.29) is 11.3 Å². The summed E-state index contributed by atoms with van der Waals surface area (Å²) in [5.74, 6) is 1.88. The van der Waals surface area contributed by atoms with E-state index < -0.39 is 0 Å². The molecule has 0 amide bonds. The molecule has 1 aliphatic carbocycles. The number of thioether (sulfide) groups is 1. The zero-order valence-electron chi connectivity index (χ0n) is 12.3. The maximum absolute atomic E-state index is 12.8. The Morgan fingerprint density at radius 2 is 1.90 bits per heavy atom. The first-order chi connectivity index (χ1) is 9.54. The molecule has 5 unspecified atom stereocenters. The van der Waals surface area contributed by atoms with Crippen LogP contribution in [0.4, 0.5) is 0 Å². The molecule has 2 nitrogen and oxygen atoms in total. The minimum absolute atomic E-state index is 0.156. The lowest BCUT2D eigenvalue weighted by atomic mass is 9.83. The Morgan fingerprint density at radius 3 is 2.60 bits per heavy atom. The highest BCUT2D eigenvalue weighted by molar-refractivity contribution is 8.02. The van der Waals surface area contributed by atoms with Gasteiger partial charge in [0.2, 0.25) is 0 Å². The van der Waals surface area contributed by atoms with Crippen LogP contribution in [0.1, 0.15) is 39.5 Å². The molecular formula is C16H24ClNOS. The number of carbonyl (C=O) groups excluding carboxylic acids is 1. The molecule has 112 valence electrons. The monoisotopic (exact) mass is 313 g/mol. The summed E-state index contributed by atoms with van der Waals surface area (Å²) >= 11 is 8.16. The summed E-state index contributed by atoms with van der Waals surface area (Å²) in [5.41, 5.74) is 0.973. The minimum atomic E-state index is 0.156. The third kappa shape index (κ3) is 2.89. The molecule has 0 N–H and O–H groups in total. The number of Topliss-reactive ketones (excluding diaryl/α,β-unsaturated/α-hetero) is 1. The molecule has 0 bridgehead atoms. The number of allylic oxidation sites excluding steroid dienone is 1. The van der Waals surface area contributed by atoms with E-state index >= 15 is 0 Å². The van der Waals surface area contributed by atoms with Crippen LogP contribution < -0.4 is 0 Å². The maximum Gasteiger partial charge on any atom is 0.183 e. The predicted molar refractivity (Wildman–Crippen MR) is 86.0 cm³/mol. The van der Waals surface area contributed by atoms with E-state index in [4.69, 9.17) is 11.6 Å². The van der Waals surface area contributed by atoms with E-state index in [0.29, 0.717) is 22.9 Å². The van der Waals surface area contributed by atoms with Gasteiger partial charge in [-0.1, -0.05) is 13.8 Å². The van der Waals surface area contributed by atoms with Gasteiger partial charge in [0.05, 0.1) is 5.70 Å². The summed E-state index contributed by atoms with van der Waals surface area (Å²) in [7, 11) is 0. The summed E-state index contributed by atoms with van der Waals surface area (Å²) in [6, 6.07) is 0. The fourth-order valence-electron chi connectivity index (χ4n) is 4.02. The first kappa shape index (κ1) is 14.8. The first-order valence-corrected chi connectivity index (χ1v) is 9.21. The second kappa shape index (κ2) is 5.92. The van der Waals surface area contributed by atoms with Crippen LogP contribution in [0, 0.1) is 17.8 Å². The number of nitrogens with zero attached hydrogens (tertiary/aromatic N) is 1. The van der Waals surface area contributed by atoms with E-state index in [2.05, 4.69) is 24.2 Å².